The largest absolute Gasteiger partial charge is 0.383 e. The quantitative estimate of drug-likeness (QED) is 0.880. The number of pyridine rings is 1. The average molecular weight is 269 g/mol. The molecule has 0 spiro atoms. The van der Waals surface area contributed by atoms with Gasteiger partial charge in [-0.3, -0.25) is 0 Å². The molecule has 0 aliphatic heterocycles. The lowest BCUT2D eigenvalue weighted by Crippen LogP contribution is -2.05. The first-order valence-electron chi connectivity index (χ1n) is 5.15. The maximum absolute atomic E-state index is 10.3. The molecule has 0 amide bonds. The van der Waals surface area contributed by atoms with Gasteiger partial charge in [0.15, 0.2) is 0 Å². The third-order valence-electron chi connectivity index (χ3n) is 2.58. The minimum absolute atomic E-state index is 0.310. The molecule has 5 heteroatoms. The lowest BCUT2D eigenvalue weighted by atomic mass is 10.0. The van der Waals surface area contributed by atoms with E-state index in [2.05, 4.69) is 4.98 Å². The van der Waals surface area contributed by atoms with Crippen LogP contribution in [0.3, 0.4) is 0 Å². The summed E-state index contributed by atoms with van der Waals surface area (Å²) in [5, 5.41) is 10.8. The van der Waals surface area contributed by atoms with Gasteiger partial charge in [0.1, 0.15) is 11.9 Å². The summed E-state index contributed by atoms with van der Waals surface area (Å²) >= 11 is 7.51. The number of nitrogens with zero attached hydrogens (tertiary/aromatic N) is 1. The van der Waals surface area contributed by atoms with Crippen LogP contribution in [0, 0.1) is 13.8 Å². The molecule has 1 unspecified atom stereocenters. The Morgan fingerprint density at radius 2 is 2.06 bits per heavy atom. The smallest absolute Gasteiger partial charge is 0.129 e. The number of anilines is 1. The standard InChI is InChI=1S/C12H13ClN2OS/c1-6-3-9(7(2)17-6)11(16)10-4-8(13)5-15-12(10)14/h3-5,11,16H,1-2H3,(H2,14,15). The van der Waals surface area contributed by atoms with Gasteiger partial charge in [0.2, 0.25) is 0 Å². The van der Waals surface area contributed by atoms with Crippen molar-refractivity contribution in [2.75, 3.05) is 5.73 Å². The molecule has 2 rings (SSSR count). The summed E-state index contributed by atoms with van der Waals surface area (Å²) in [5.41, 5.74) is 7.18. The summed E-state index contributed by atoms with van der Waals surface area (Å²) in [7, 11) is 0. The predicted octanol–water partition coefficient (Wildman–Crippen LogP) is 3.08. The van der Waals surface area contributed by atoms with E-state index in [0.29, 0.717) is 16.4 Å². The van der Waals surface area contributed by atoms with Gasteiger partial charge in [-0.1, -0.05) is 11.6 Å². The Morgan fingerprint density at radius 1 is 1.35 bits per heavy atom. The SMILES string of the molecule is Cc1cc(C(O)c2cc(Cl)cnc2N)c(C)s1. The monoisotopic (exact) mass is 268 g/mol. The first-order chi connectivity index (χ1) is 7.99. The number of hydrogen-bond acceptors (Lipinski definition) is 4. The van der Waals surface area contributed by atoms with E-state index >= 15 is 0 Å². The number of thiophene rings is 1. The van der Waals surface area contributed by atoms with Gasteiger partial charge in [-0.15, -0.1) is 11.3 Å². The zero-order chi connectivity index (χ0) is 12.6. The molecule has 0 bridgehead atoms. The minimum Gasteiger partial charge on any atom is -0.383 e. The Bertz CT molecular complexity index is 553. The third kappa shape index (κ3) is 2.44. The van der Waals surface area contributed by atoms with Gasteiger partial charge >= 0.3 is 0 Å². The molecule has 0 radical (unpaired) electrons. The number of rotatable bonds is 2. The van der Waals surface area contributed by atoms with Crippen LogP contribution in [0.1, 0.15) is 27.0 Å². The van der Waals surface area contributed by atoms with Crippen LogP contribution in [0.25, 0.3) is 0 Å². The van der Waals surface area contributed by atoms with Crippen molar-refractivity contribution in [2.24, 2.45) is 0 Å². The summed E-state index contributed by atoms with van der Waals surface area (Å²) in [6, 6.07) is 3.62. The van der Waals surface area contributed by atoms with E-state index in [4.69, 9.17) is 17.3 Å². The van der Waals surface area contributed by atoms with Crippen LogP contribution in [-0.2, 0) is 0 Å². The maximum Gasteiger partial charge on any atom is 0.129 e. The van der Waals surface area contributed by atoms with Crippen LogP contribution < -0.4 is 5.73 Å². The van der Waals surface area contributed by atoms with Crippen molar-refractivity contribution in [3.8, 4) is 0 Å². The Morgan fingerprint density at radius 3 is 2.65 bits per heavy atom. The van der Waals surface area contributed by atoms with Gasteiger partial charge in [-0.05, 0) is 31.5 Å². The average Bonchev–Trinajstić information content (AvgIpc) is 2.60. The predicted molar refractivity (Wildman–Crippen MR) is 71.5 cm³/mol. The second kappa shape index (κ2) is 4.64. The minimum atomic E-state index is -0.772. The van der Waals surface area contributed by atoms with E-state index in [1.807, 2.05) is 19.9 Å². The Hall–Kier alpha value is -1.10. The second-order valence-electron chi connectivity index (χ2n) is 3.90. The highest BCUT2D eigenvalue weighted by Crippen LogP contribution is 2.33. The molecule has 90 valence electrons. The van der Waals surface area contributed by atoms with Crippen LogP contribution in [0.4, 0.5) is 5.82 Å². The summed E-state index contributed by atoms with van der Waals surface area (Å²) in [6.45, 7) is 3.98. The van der Waals surface area contributed by atoms with Gasteiger partial charge in [-0.25, -0.2) is 4.98 Å². The van der Waals surface area contributed by atoms with E-state index in [1.165, 1.54) is 6.20 Å². The zero-order valence-corrected chi connectivity index (χ0v) is 11.1. The van der Waals surface area contributed by atoms with Crippen LogP contribution in [0.15, 0.2) is 18.3 Å². The van der Waals surface area contributed by atoms with Gasteiger partial charge in [0, 0.05) is 21.5 Å². The van der Waals surface area contributed by atoms with Crippen LogP contribution in [0.5, 0.6) is 0 Å². The lowest BCUT2D eigenvalue weighted by Gasteiger charge is -2.13. The molecule has 0 aliphatic carbocycles. The number of halogens is 1. The molecule has 3 N–H and O–H groups in total. The molecule has 2 aromatic heterocycles. The topological polar surface area (TPSA) is 59.1 Å². The van der Waals surface area contributed by atoms with E-state index < -0.39 is 6.10 Å². The molecular weight excluding hydrogens is 256 g/mol. The Labute approximate surface area is 109 Å². The summed E-state index contributed by atoms with van der Waals surface area (Å²) in [5.74, 6) is 0.310. The third-order valence-corrected chi connectivity index (χ3v) is 3.77. The zero-order valence-electron chi connectivity index (χ0n) is 9.57. The van der Waals surface area contributed by atoms with Gasteiger partial charge in [0.25, 0.3) is 0 Å². The highest BCUT2D eigenvalue weighted by Gasteiger charge is 2.18. The van der Waals surface area contributed by atoms with Crippen molar-refractivity contribution in [1.82, 2.24) is 4.98 Å². The van der Waals surface area contributed by atoms with Crippen LogP contribution >= 0.6 is 22.9 Å². The lowest BCUT2D eigenvalue weighted by molar-refractivity contribution is 0.220. The van der Waals surface area contributed by atoms with Crippen LogP contribution in [-0.4, -0.2) is 10.1 Å². The molecule has 0 fully saturated rings. The number of nitrogens with two attached hydrogens (primary N) is 1. The molecular formula is C12H13ClN2OS. The molecule has 2 aromatic rings. The van der Waals surface area contributed by atoms with Crippen molar-refractivity contribution in [1.29, 1.82) is 0 Å². The number of aryl methyl sites for hydroxylation is 2. The Balaban J connectivity index is 2.46. The highest BCUT2D eigenvalue weighted by atomic mass is 35.5. The van der Waals surface area contributed by atoms with E-state index in [1.54, 1.807) is 17.4 Å². The highest BCUT2D eigenvalue weighted by molar-refractivity contribution is 7.12. The fraction of sp³-hybridized carbons (Fsp3) is 0.250. The van der Waals surface area contributed by atoms with Crippen molar-refractivity contribution < 1.29 is 5.11 Å². The molecule has 0 aliphatic rings. The second-order valence-corrected chi connectivity index (χ2v) is 5.80. The Kier molecular flexibility index (Phi) is 3.38. The molecule has 0 saturated heterocycles. The fourth-order valence-corrected chi connectivity index (χ4v) is 2.90. The van der Waals surface area contributed by atoms with Crippen molar-refractivity contribution in [3.05, 3.63) is 44.2 Å². The molecule has 2 heterocycles. The summed E-state index contributed by atoms with van der Waals surface area (Å²) < 4.78 is 0. The van der Waals surface area contributed by atoms with Gasteiger partial charge in [-0.2, -0.15) is 0 Å². The van der Waals surface area contributed by atoms with E-state index in [9.17, 15) is 5.11 Å². The van der Waals surface area contributed by atoms with Crippen molar-refractivity contribution in [3.63, 3.8) is 0 Å². The first-order valence-corrected chi connectivity index (χ1v) is 6.34. The number of aliphatic hydroxyl groups is 1. The first kappa shape index (κ1) is 12.4. The normalized spacial score (nSPS) is 12.7. The maximum atomic E-state index is 10.3. The van der Waals surface area contributed by atoms with Gasteiger partial charge < -0.3 is 10.8 Å². The molecule has 17 heavy (non-hydrogen) atoms. The summed E-state index contributed by atoms with van der Waals surface area (Å²) in [4.78, 5) is 6.19. The number of nitrogen functional groups attached to an aromatic ring is 1. The summed E-state index contributed by atoms with van der Waals surface area (Å²) in [6.07, 6.45) is 0.699. The van der Waals surface area contributed by atoms with E-state index in [0.717, 1.165) is 15.3 Å². The number of hydrogen-bond donors (Lipinski definition) is 2. The van der Waals surface area contributed by atoms with E-state index in [-0.39, 0.29) is 0 Å². The fourth-order valence-electron chi connectivity index (χ4n) is 1.77. The molecule has 0 saturated carbocycles. The van der Waals surface area contributed by atoms with Crippen molar-refractivity contribution in [2.45, 2.75) is 20.0 Å². The van der Waals surface area contributed by atoms with Gasteiger partial charge in [0.05, 0.1) is 5.02 Å². The van der Waals surface area contributed by atoms with Crippen LogP contribution in [0.2, 0.25) is 5.02 Å². The molecule has 0 aromatic carbocycles. The van der Waals surface area contributed by atoms with Crippen molar-refractivity contribution >= 4 is 28.8 Å². The number of aromatic nitrogens is 1. The molecule has 3 nitrogen and oxygen atoms in total. The number of aliphatic hydroxyl groups excluding tert-OH is 1. The molecule has 1 atom stereocenters.